The Bertz CT molecular complexity index is 742. The second-order valence-electron chi connectivity index (χ2n) is 4.64. The van der Waals surface area contributed by atoms with Gasteiger partial charge in [0.2, 0.25) is 10.0 Å². The van der Waals surface area contributed by atoms with Crippen LogP contribution in [0.1, 0.15) is 12.8 Å². The van der Waals surface area contributed by atoms with Crippen LogP contribution in [0.2, 0.25) is 0 Å². The molecular weight excluding hydrogens is 302 g/mol. The van der Waals surface area contributed by atoms with Gasteiger partial charge in [-0.2, -0.15) is 4.31 Å². The number of aromatic nitrogens is 2. The van der Waals surface area contributed by atoms with Crippen molar-refractivity contribution in [2.24, 2.45) is 5.92 Å². The molecule has 0 atom stereocenters. The Morgan fingerprint density at radius 1 is 1.33 bits per heavy atom. The number of sulfonamides is 1. The number of carbonyl (C=O) groups excluding carboxylic acids is 1. The van der Waals surface area contributed by atoms with E-state index in [2.05, 4.69) is 9.72 Å². The van der Waals surface area contributed by atoms with Crippen LogP contribution < -0.4 is 11.2 Å². The van der Waals surface area contributed by atoms with E-state index in [-0.39, 0.29) is 25.0 Å². The molecule has 1 aliphatic rings. The van der Waals surface area contributed by atoms with Gasteiger partial charge >= 0.3 is 11.7 Å². The second kappa shape index (κ2) is 5.82. The molecular formula is C11H15N3O6S. The van der Waals surface area contributed by atoms with Gasteiger partial charge in [0.05, 0.1) is 13.0 Å². The van der Waals surface area contributed by atoms with E-state index in [1.807, 2.05) is 4.98 Å². The van der Waals surface area contributed by atoms with Crippen molar-refractivity contribution in [2.75, 3.05) is 20.2 Å². The number of hydrogen-bond acceptors (Lipinski definition) is 6. The van der Waals surface area contributed by atoms with E-state index in [9.17, 15) is 22.8 Å². The summed E-state index contributed by atoms with van der Waals surface area (Å²) in [6.07, 6.45) is 1.53. The summed E-state index contributed by atoms with van der Waals surface area (Å²) in [5.41, 5.74) is -1.74. The fourth-order valence-electron chi connectivity index (χ4n) is 2.23. The number of aromatic amines is 2. The molecule has 0 unspecified atom stereocenters. The predicted octanol–water partition coefficient (Wildman–Crippen LogP) is -1.36. The quantitative estimate of drug-likeness (QED) is 0.662. The number of methoxy groups -OCH3 is 1. The number of esters is 1. The minimum atomic E-state index is -4.00. The zero-order valence-electron chi connectivity index (χ0n) is 11.3. The van der Waals surface area contributed by atoms with E-state index >= 15 is 0 Å². The third-order valence-electron chi connectivity index (χ3n) is 3.39. The van der Waals surface area contributed by atoms with Gasteiger partial charge in [0.15, 0.2) is 4.90 Å². The zero-order chi connectivity index (χ0) is 15.6. The van der Waals surface area contributed by atoms with Crippen LogP contribution in [0.25, 0.3) is 0 Å². The molecule has 1 aliphatic heterocycles. The Morgan fingerprint density at radius 2 is 1.95 bits per heavy atom. The van der Waals surface area contributed by atoms with E-state index in [4.69, 9.17) is 0 Å². The number of nitrogens with one attached hydrogen (secondary N) is 2. The van der Waals surface area contributed by atoms with Crippen LogP contribution in [0.15, 0.2) is 20.7 Å². The molecule has 1 aromatic heterocycles. The van der Waals surface area contributed by atoms with Crippen LogP contribution in [0.5, 0.6) is 0 Å². The topological polar surface area (TPSA) is 129 Å². The molecule has 2 N–H and O–H groups in total. The van der Waals surface area contributed by atoms with Crippen LogP contribution in [0.4, 0.5) is 0 Å². The lowest BCUT2D eigenvalue weighted by Crippen LogP contribution is -2.42. The van der Waals surface area contributed by atoms with Crippen LogP contribution in [-0.2, 0) is 19.6 Å². The lowest BCUT2D eigenvalue weighted by Gasteiger charge is -2.29. The maximum absolute atomic E-state index is 12.3. The van der Waals surface area contributed by atoms with Crippen molar-refractivity contribution in [2.45, 2.75) is 17.7 Å². The highest BCUT2D eigenvalue weighted by molar-refractivity contribution is 7.89. The summed E-state index contributed by atoms with van der Waals surface area (Å²) in [5.74, 6) is -0.704. The predicted molar refractivity (Wildman–Crippen MR) is 71.2 cm³/mol. The first-order valence-electron chi connectivity index (χ1n) is 6.26. The van der Waals surface area contributed by atoms with Gasteiger partial charge in [-0.25, -0.2) is 13.2 Å². The van der Waals surface area contributed by atoms with Crippen molar-refractivity contribution < 1.29 is 17.9 Å². The van der Waals surface area contributed by atoms with E-state index in [1.54, 1.807) is 0 Å². The summed E-state index contributed by atoms with van der Waals surface area (Å²) in [4.78, 5) is 37.4. The smallest absolute Gasteiger partial charge is 0.325 e. The molecule has 0 aromatic carbocycles. The molecule has 0 bridgehead atoms. The molecule has 0 saturated carbocycles. The molecule has 116 valence electrons. The number of H-pyrrole nitrogens is 2. The Morgan fingerprint density at radius 3 is 2.48 bits per heavy atom. The average molecular weight is 317 g/mol. The lowest BCUT2D eigenvalue weighted by atomic mass is 9.99. The van der Waals surface area contributed by atoms with Gasteiger partial charge in [0.25, 0.3) is 5.56 Å². The molecule has 0 aliphatic carbocycles. The standard InChI is InChI=1S/C11H15N3O6S/c1-20-10(16)7-2-4-14(5-3-7)21(18,19)8-6-12-11(17)13-9(8)15/h6-7H,2-5H2,1H3,(H2,12,13,15,17). The summed E-state index contributed by atoms with van der Waals surface area (Å²) in [5, 5.41) is 0. The molecule has 2 heterocycles. The summed E-state index contributed by atoms with van der Waals surface area (Å²) in [6, 6.07) is 0. The van der Waals surface area contributed by atoms with Crippen molar-refractivity contribution in [3.8, 4) is 0 Å². The molecule has 1 fully saturated rings. The number of rotatable bonds is 3. The largest absolute Gasteiger partial charge is 0.469 e. The zero-order valence-corrected chi connectivity index (χ0v) is 12.1. The Kier molecular flexibility index (Phi) is 4.28. The van der Waals surface area contributed by atoms with E-state index in [1.165, 1.54) is 7.11 Å². The monoisotopic (exact) mass is 317 g/mol. The third kappa shape index (κ3) is 3.05. The van der Waals surface area contributed by atoms with Gasteiger partial charge in [-0.3, -0.25) is 14.6 Å². The number of hydrogen-bond donors (Lipinski definition) is 2. The van der Waals surface area contributed by atoms with Crippen LogP contribution in [0.3, 0.4) is 0 Å². The fourth-order valence-corrected chi connectivity index (χ4v) is 3.69. The van der Waals surface area contributed by atoms with Gasteiger partial charge in [0.1, 0.15) is 0 Å². The number of carbonyl (C=O) groups is 1. The highest BCUT2D eigenvalue weighted by Crippen LogP contribution is 2.22. The van der Waals surface area contributed by atoms with Crippen LogP contribution in [-0.4, -0.2) is 48.9 Å². The molecule has 9 nitrogen and oxygen atoms in total. The molecule has 21 heavy (non-hydrogen) atoms. The molecule has 0 radical (unpaired) electrons. The number of piperidine rings is 1. The first-order chi connectivity index (χ1) is 9.86. The molecule has 10 heteroatoms. The van der Waals surface area contributed by atoms with Crippen LogP contribution in [0, 0.1) is 5.92 Å². The Balaban J connectivity index is 2.21. The van der Waals surface area contributed by atoms with Crippen molar-refractivity contribution in [1.29, 1.82) is 0 Å². The molecule has 0 spiro atoms. The molecule has 0 amide bonds. The lowest BCUT2D eigenvalue weighted by molar-refractivity contribution is -0.146. The summed E-state index contributed by atoms with van der Waals surface area (Å²) in [6.45, 7) is 0.224. The molecule has 2 rings (SSSR count). The van der Waals surface area contributed by atoms with Crippen molar-refractivity contribution in [3.05, 3.63) is 27.0 Å². The van der Waals surface area contributed by atoms with E-state index in [0.29, 0.717) is 12.8 Å². The maximum Gasteiger partial charge on any atom is 0.325 e. The van der Waals surface area contributed by atoms with Gasteiger partial charge in [-0.15, -0.1) is 0 Å². The minimum Gasteiger partial charge on any atom is -0.469 e. The normalized spacial score (nSPS) is 17.6. The Hall–Kier alpha value is -1.94. The highest BCUT2D eigenvalue weighted by Gasteiger charge is 2.33. The third-order valence-corrected chi connectivity index (χ3v) is 5.30. The molecule has 1 saturated heterocycles. The summed E-state index contributed by atoms with van der Waals surface area (Å²) >= 11 is 0. The first-order valence-corrected chi connectivity index (χ1v) is 7.70. The summed E-state index contributed by atoms with van der Waals surface area (Å²) in [7, 11) is -2.71. The van der Waals surface area contributed by atoms with Gasteiger partial charge in [-0.1, -0.05) is 0 Å². The van der Waals surface area contributed by atoms with Gasteiger partial charge < -0.3 is 9.72 Å². The number of ether oxygens (including phenoxy) is 1. The minimum absolute atomic E-state index is 0.112. The van der Waals surface area contributed by atoms with E-state index < -0.39 is 26.2 Å². The SMILES string of the molecule is COC(=O)C1CCN(S(=O)(=O)c2c[nH]c(=O)[nH]c2=O)CC1. The van der Waals surface area contributed by atoms with Crippen molar-refractivity contribution in [3.63, 3.8) is 0 Å². The van der Waals surface area contributed by atoms with Crippen LogP contribution >= 0.6 is 0 Å². The van der Waals surface area contributed by atoms with Gasteiger partial charge in [-0.05, 0) is 12.8 Å². The number of nitrogens with zero attached hydrogens (tertiary/aromatic N) is 1. The van der Waals surface area contributed by atoms with Crippen molar-refractivity contribution >= 4 is 16.0 Å². The Labute approximate surface area is 120 Å². The van der Waals surface area contributed by atoms with Gasteiger partial charge in [0, 0.05) is 19.3 Å². The van der Waals surface area contributed by atoms with Crippen molar-refractivity contribution in [1.82, 2.24) is 14.3 Å². The van der Waals surface area contributed by atoms with E-state index in [0.717, 1.165) is 10.5 Å². The average Bonchev–Trinajstić information content (AvgIpc) is 2.46. The molecule has 1 aromatic rings. The fraction of sp³-hybridized carbons (Fsp3) is 0.545. The first kappa shape index (κ1) is 15.4. The maximum atomic E-state index is 12.3. The summed E-state index contributed by atoms with van der Waals surface area (Å²) < 4.78 is 30.4. The highest BCUT2D eigenvalue weighted by atomic mass is 32.2. The second-order valence-corrected chi connectivity index (χ2v) is 6.54.